The summed E-state index contributed by atoms with van der Waals surface area (Å²) in [6.07, 6.45) is -0.994. The summed E-state index contributed by atoms with van der Waals surface area (Å²) in [5.41, 5.74) is 1.66. The minimum atomic E-state index is -0.652. The lowest BCUT2D eigenvalue weighted by molar-refractivity contribution is -0.0558. The number of carbonyl (C=O) groups is 2. The molecule has 0 spiro atoms. The highest BCUT2D eigenvalue weighted by Gasteiger charge is 2.20. The topological polar surface area (TPSA) is 88.7 Å². The predicted molar refractivity (Wildman–Crippen MR) is 76.2 cm³/mol. The quantitative estimate of drug-likeness (QED) is 0.650. The largest absolute Gasteiger partial charge is 0.442 e. The third kappa shape index (κ3) is 9.43. The summed E-state index contributed by atoms with van der Waals surface area (Å²) in [5.74, 6) is 0.117. The Morgan fingerprint density at radius 2 is 1.75 bits per heavy atom. The maximum atomic E-state index is 11.5. The van der Waals surface area contributed by atoms with Gasteiger partial charge in [0.05, 0.1) is 0 Å². The second kappa shape index (κ2) is 8.63. The maximum absolute atomic E-state index is 11.5. The van der Waals surface area contributed by atoms with Gasteiger partial charge in [0.2, 0.25) is 0 Å². The number of rotatable bonds is 6. The van der Waals surface area contributed by atoms with Crippen molar-refractivity contribution in [1.29, 1.82) is 0 Å². The standard InChI is InChI=1S/C13H27N3O4/c1-7-14-11(17)15-8-10(9(2)3)20-16-12(18)19-13(4,5)6/h9-10H,7-8H2,1-6H3,(H,16,18)(H2,14,15,17). The van der Waals surface area contributed by atoms with Gasteiger partial charge in [0.1, 0.15) is 11.7 Å². The smallest absolute Gasteiger partial charge is 0.431 e. The zero-order valence-electron chi connectivity index (χ0n) is 13.2. The maximum Gasteiger partial charge on any atom is 0.431 e. The van der Waals surface area contributed by atoms with Crippen LogP contribution in [0.25, 0.3) is 0 Å². The first kappa shape index (κ1) is 18.5. The molecule has 0 saturated carbocycles. The van der Waals surface area contributed by atoms with Gasteiger partial charge in [-0.05, 0) is 33.6 Å². The number of nitrogens with one attached hydrogen (secondary N) is 3. The van der Waals surface area contributed by atoms with Crippen LogP contribution in [-0.4, -0.2) is 36.9 Å². The molecule has 0 aromatic rings. The highest BCUT2D eigenvalue weighted by Crippen LogP contribution is 2.08. The Balaban J connectivity index is 4.15. The van der Waals surface area contributed by atoms with Crippen molar-refractivity contribution in [2.45, 2.75) is 53.2 Å². The Hall–Kier alpha value is -1.50. The fourth-order valence-electron chi connectivity index (χ4n) is 1.25. The Bertz CT molecular complexity index is 313. The summed E-state index contributed by atoms with van der Waals surface area (Å²) in [5, 5.41) is 5.29. The van der Waals surface area contributed by atoms with Crippen LogP contribution in [0.4, 0.5) is 9.59 Å². The molecule has 20 heavy (non-hydrogen) atoms. The van der Waals surface area contributed by atoms with Crippen molar-refractivity contribution in [3.05, 3.63) is 0 Å². The normalized spacial score (nSPS) is 12.8. The highest BCUT2D eigenvalue weighted by atomic mass is 16.7. The van der Waals surface area contributed by atoms with E-state index in [1.807, 2.05) is 20.8 Å². The molecule has 3 N–H and O–H groups in total. The molecular weight excluding hydrogens is 262 g/mol. The molecule has 0 fully saturated rings. The van der Waals surface area contributed by atoms with E-state index >= 15 is 0 Å². The molecule has 0 radical (unpaired) electrons. The SMILES string of the molecule is CCNC(=O)NCC(ONC(=O)OC(C)(C)C)C(C)C. The molecule has 7 heteroatoms. The summed E-state index contributed by atoms with van der Waals surface area (Å²) in [4.78, 5) is 28.0. The molecule has 0 aromatic heterocycles. The minimum absolute atomic E-state index is 0.117. The van der Waals surface area contributed by atoms with Gasteiger partial charge in [0.25, 0.3) is 0 Å². The number of hydrogen-bond donors (Lipinski definition) is 3. The molecular formula is C13H27N3O4. The molecule has 0 aliphatic rings. The molecule has 0 heterocycles. The van der Waals surface area contributed by atoms with E-state index in [0.717, 1.165) is 0 Å². The van der Waals surface area contributed by atoms with Crippen LogP contribution in [0.15, 0.2) is 0 Å². The Kier molecular flexibility index (Phi) is 7.98. The van der Waals surface area contributed by atoms with Crippen molar-refractivity contribution >= 4 is 12.1 Å². The van der Waals surface area contributed by atoms with E-state index in [2.05, 4.69) is 16.1 Å². The monoisotopic (exact) mass is 289 g/mol. The summed E-state index contributed by atoms with van der Waals surface area (Å²) in [6, 6.07) is -0.265. The first-order chi connectivity index (χ1) is 9.15. The summed E-state index contributed by atoms with van der Waals surface area (Å²) >= 11 is 0. The van der Waals surface area contributed by atoms with E-state index in [1.54, 1.807) is 20.8 Å². The number of urea groups is 1. The molecule has 118 valence electrons. The molecule has 0 rings (SSSR count). The van der Waals surface area contributed by atoms with E-state index in [9.17, 15) is 9.59 Å². The van der Waals surface area contributed by atoms with Gasteiger partial charge >= 0.3 is 12.1 Å². The summed E-state index contributed by atoms with van der Waals surface area (Å²) in [7, 11) is 0. The molecule has 0 saturated heterocycles. The van der Waals surface area contributed by atoms with E-state index in [0.29, 0.717) is 13.1 Å². The van der Waals surface area contributed by atoms with Crippen LogP contribution < -0.4 is 16.1 Å². The second-order valence-corrected chi connectivity index (χ2v) is 5.74. The summed E-state index contributed by atoms with van der Waals surface area (Å²) < 4.78 is 5.06. The Morgan fingerprint density at radius 1 is 1.15 bits per heavy atom. The van der Waals surface area contributed by atoms with Crippen LogP contribution in [0.1, 0.15) is 41.5 Å². The molecule has 1 atom stereocenters. The molecule has 3 amide bonds. The molecule has 7 nitrogen and oxygen atoms in total. The highest BCUT2D eigenvalue weighted by molar-refractivity contribution is 5.73. The van der Waals surface area contributed by atoms with Gasteiger partial charge in [0, 0.05) is 13.1 Å². The van der Waals surface area contributed by atoms with E-state index in [1.165, 1.54) is 0 Å². The van der Waals surface area contributed by atoms with Crippen molar-refractivity contribution in [2.75, 3.05) is 13.1 Å². The van der Waals surface area contributed by atoms with Crippen LogP contribution in [0, 0.1) is 5.92 Å². The van der Waals surface area contributed by atoms with Gasteiger partial charge in [-0.3, -0.25) is 4.84 Å². The van der Waals surface area contributed by atoms with Crippen LogP contribution in [0.2, 0.25) is 0 Å². The fourth-order valence-corrected chi connectivity index (χ4v) is 1.25. The Morgan fingerprint density at radius 3 is 2.20 bits per heavy atom. The lowest BCUT2D eigenvalue weighted by Crippen LogP contribution is -2.45. The number of hydrogen-bond acceptors (Lipinski definition) is 4. The van der Waals surface area contributed by atoms with Gasteiger partial charge in [-0.2, -0.15) is 5.48 Å². The molecule has 0 aliphatic carbocycles. The van der Waals surface area contributed by atoms with Gasteiger partial charge < -0.3 is 15.4 Å². The third-order valence-corrected chi connectivity index (χ3v) is 2.24. The van der Waals surface area contributed by atoms with Crippen molar-refractivity contribution < 1.29 is 19.2 Å². The lowest BCUT2D eigenvalue weighted by atomic mass is 10.1. The first-order valence-corrected chi connectivity index (χ1v) is 6.82. The predicted octanol–water partition coefficient (Wildman–Crippen LogP) is 1.79. The molecule has 0 aromatic carbocycles. The Labute approximate surface area is 120 Å². The van der Waals surface area contributed by atoms with E-state index in [-0.39, 0.29) is 18.1 Å². The van der Waals surface area contributed by atoms with E-state index in [4.69, 9.17) is 9.57 Å². The zero-order valence-corrected chi connectivity index (χ0v) is 13.2. The third-order valence-electron chi connectivity index (χ3n) is 2.24. The first-order valence-electron chi connectivity index (χ1n) is 6.82. The number of hydroxylamine groups is 1. The van der Waals surface area contributed by atoms with E-state index < -0.39 is 11.7 Å². The van der Waals surface area contributed by atoms with Crippen molar-refractivity contribution in [3.8, 4) is 0 Å². The fraction of sp³-hybridized carbons (Fsp3) is 0.846. The minimum Gasteiger partial charge on any atom is -0.442 e. The summed E-state index contributed by atoms with van der Waals surface area (Å²) in [6.45, 7) is 11.8. The van der Waals surface area contributed by atoms with Gasteiger partial charge in [-0.25, -0.2) is 9.59 Å². The molecule has 0 bridgehead atoms. The van der Waals surface area contributed by atoms with Crippen LogP contribution >= 0.6 is 0 Å². The lowest BCUT2D eigenvalue weighted by Gasteiger charge is -2.24. The second-order valence-electron chi connectivity index (χ2n) is 5.74. The van der Waals surface area contributed by atoms with Crippen LogP contribution in [0.5, 0.6) is 0 Å². The number of carbonyl (C=O) groups excluding carboxylic acids is 2. The molecule has 0 aliphatic heterocycles. The van der Waals surface area contributed by atoms with Gasteiger partial charge in [0.15, 0.2) is 0 Å². The van der Waals surface area contributed by atoms with Crippen LogP contribution in [0.3, 0.4) is 0 Å². The van der Waals surface area contributed by atoms with Crippen molar-refractivity contribution in [3.63, 3.8) is 0 Å². The molecule has 1 unspecified atom stereocenters. The number of amides is 3. The van der Waals surface area contributed by atoms with Gasteiger partial charge in [-0.1, -0.05) is 13.8 Å². The number of ether oxygens (including phenoxy) is 1. The van der Waals surface area contributed by atoms with Gasteiger partial charge in [-0.15, -0.1) is 0 Å². The average Bonchev–Trinajstić information content (AvgIpc) is 2.26. The zero-order chi connectivity index (χ0) is 15.8. The van der Waals surface area contributed by atoms with Crippen molar-refractivity contribution in [1.82, 2.24) is 16.1 Å². The van der Waals surface area contributed by atoms with Crippen molar-refractivity contribution in [2.24, 2.45) is 5.92 Å². The average molecular weight is 289 g/mol. The van der Waals surface area contributed by atoms with Crippen LogP contribution in [-0.2, 0) is 9.57 Å².